The summed E-state index contributed by atoms with van der Waals surface area (Å²) in [5, 5.41) is 3.20. The van der Waals surface area contributed by atoms with Gasteiger partial charge in [0, 0.05) is 38.8 Å². The van der Waals surface area contributed by atoms with Crippen LogP contribution in [0.1, 0.15) is 13.8 Å². The number of rotatable bonds is 5. The first-order valence-electron chi connectivity index (χ1n) is 5.47. The summed E-state index contributed by atoms with van der Waals surface area (Å²) in [4.78, 5) is 0. The maximum Gasteiger partial charge on any atom is 0.280 e. The van der Waals surface area contributed by atoms with Crippen molar-refractivity contribution in [1.82, 2.24) is 14.3 Å². The predicted molar refractivity (Wildman–Crippen MR) is 62.4 cm³/mol. The first-order valence-corrected chi connectivity index (χ1v) is 6.91. The van der Waals surface area contributed by atoms with E-state index in [1.54, 1.807) is 7.11 Å². The quantitative estimate of drug-likeness (QED) is 0.624. The smallest absolute Gasteiger partial charge is 0.280 e. The molecular formula is C9H21N3O3S. The normalized spacial score (nSPS) is 28.2. The molecule has 1 rings (SSSR count). The van der Waals surface area contributed by atoms with Crippen molar-refractivity contribution in [3.8, 4) is 0 Å². The van der Waals surface area contributed by atoms with Gasteiger partial charge in [-0.3, -0.25) is 0 Å². The summed E-state index contributed by atoms with van der Waals surface area (Å²) < 4.78 is 32.9. The Morgan fingerprint density at radius 2 is 1.94 bits per heavy atom. The largest absolute Gasteiger partial charge is 0.383 e. The van der Waals surface area contributed by atoms with Gasteiger partial charge in [-0.15, -0.1) is 0 Å². The molecule has 0 bridgehead atoms. The van der Waals surface area contributed by atoms with Gasteiger partial charge in [0.15, 0.2) is 0 Å². The standard InChI is InChI=1S/C9H21N3O3S/c1-8-6-10-7-9(2)12(8)16(13,14)11-4-5-15-3/h8-11H,4-7H2,1-3H3. The molecule has 0 saturated carbocycles. The Hall–Kier alpha value is -0.210. The van der Waals surface area contributed by atoms with Crippen molar-refractivity contribution in [3.63, 3.8) is 0 Å². The van der Waals surface area contributed by atoms with Gasteiger partial charge in [-0.1, -0.05) is 0 Å². The van der Waals surface area contributed by atoms with Crippen LogP contribution in [0, 0.1) is 0 Å². The lowest BCUT2D eigenvalue weighted by Crippen LogP contribution is -2.59. The number of piperazine rings is 1. The topological polar surface area (TPSA) is 70.7 Å². The van der Waals surface area contributed by atoms with Crippen LogP contribution in [0.2, 0.25) is 0 Å². The Labute approximate surface area is 97.5 Å². The molecule has 0 aromatic carbocycles. The van der Waals surface area contributed by atoms with Crippen molar-refractivity contribution >= 4 is 10.2 Å². The Kier molecular flexibility index (Phi) is 5.13. The summed E-state index contributed by atoms with van der Waals surface area (Å²) >= 11 is 0. The molecule has 0 amide bonds. The van der Waals surface area contributed by atoms with Gasteiger partial charge in [0.25, 0.3) is 10.2 Å². The minimum atomic E-state index is -3.39. The molecule has 2 atom stereocenters. The molecule has 1 aliphatic heterocycles. The van der Waals surface area contributed by atoms with E-state index in [4.69, 9.17) is 4.74 Å². The molecule has 0 aliphatic carbocycles. The zero-order valence-corrected chi connectivity index (χ0v) is 10.9. The van der Waals surface area contributed by atoms with Gasteiger partial charge in [-0.05, 0) is 13.8 Å². The van der Waals surface area contributed by atoms with E-state index >= 15 is 0 Å². The average Bonchev–Trinajstić information content (AvgIpc) is 2.17. The molecule has 16 heavy (non-hydrogen) atoms. The lowest BCUT2D eigenvalue weighted by Gasteiger charge is -2.37. The highest BCUT2D eigenvalue weighted by molar-refractivity contribution is 7.87. The van der Waals surface area contributed by atoms with E-state index in [1.165, 1.54) is 4.31 Å². The number of ether oxygens (including phenoxy) is 1. The third-order valence-corrected chi connectivity index (χ3v) is 4.46. The predicted octanol–water partition coefficient (Wildman–Crippen LogP) is -0.851. The first kappa shape index (κ1) is 13.9. The van der Waals surface area contributed by atoms with Crippen LogP contribution < -0.4 is 10.0 Å². The molecule has 96 valence electrons. The van der Waals surface area contributed by atoms with Gasteiger partial charge < -0.3 is 10.1 Å². The Balaban J connectivity index is 2.64. The number of nitrogens with zero attached hydrogens (tertiary/aromatic N) is 1. The highest BCUT2D eigenvalue weighted by atomic mass is 32.2. The van der Waals surface area contributed by atoms with Crippen LogP contribution in [0.25, 0.3) is 0 Å². The van der Waals surface area contributed by atoms with E-state index in [0.717, 1.165) is 0 Å². The summed E-state index contributed by atoms with van der Waals surface area (Å²) in [6, 6.07) is -0.0485. The maximum absolute atomic E-state index is 12.0. The van der Waals surface area contributed by atoms with E-state index in [-0.39, 0.29) is 12.1 Å². The van der Waals surface area contributed by atoms with Gasteiger partial charge in [-0.2, -0.15) is 17.4 Å². The monoisotopic (exact) mass is 251 g/mol. The van der Waals surface area contributed by atoms with Crippen LogP contribution in [0.15, 0.2) is 0 Å². The van der Waals surface area contributed by atoms with Crippen molar-refractivity contribution < 1.29 is 13.2 Å². The van der Waals surface area contributed by atoms with Gasteiger partial charge in [0.2, 0.25) is 0 Å². The third-order valence-electron chi connectivity index (χ3n) is 2.62. The molecule has 7 heteroatoms. The van der Waals surface area contributed by atoms with Crippen molar-refractivity contribution in [2.45, 2.75) is 25.9 Å². The fourth-order valence-corrected chi connectivity index (χ4v) is 3.52. The molecule has 0 radical (unpaired) electrons. The Bertz CT molecular complexity index is 297. The zero-order chi connectivity index (χ0) is 12.2. The summed E-state index contributed by atoms with van der Waals surface area (Å²) in [6.07, 6.45) is 0. The second-order valence-electron chi connectivity index (χ2n) is 4.08. The summed E-state index contributed by atoms with van der Waals surface area (Å²) in [7, 11) is -1.84. The summed E-state index contributed by atoms with van der Waals surface area (Å²) in [6.45, 7) is 5.87. The Morgan fingerprint density at radius 3 is 2.44 bits per heavy atom. The van der Waals surface area contributed by atoms with Gasteiger partial charge in [-0.25, -0.2) is 0 Å². The van der Waals surface area contributed by atoms with Crippen LogP contribution in [0.4, 0.5) is 0 Å². The van der Waals surface area contributed by atoms with E-state index in [1.807, 2.05) is 13.8 Å². The second-order valence-corrected chi connectivity index (χ2v) is 5.74. The summed E-state index contributed by atoms with van der Waals surface area (Å²) in [5.74, 6) is 0. The van der Waals surface area contributed by atoms with E-state index in [2.05, 4.69) is 10.0 Å². The fraction of sp³-hybridized carbons (Fsp3) is 1.00. The fourth-order valence-electron chi connectivity index (χ4n) is 1.94. The van der Waals surface area contributed by atoms with Crippen LogP contribution in [-0.4, -0.2) is 58.2 Å². The zero-order valence-electron chi connectivity index (χ0n) is 10.1. The summed E-state index contributed by atoms with van der Waals surface area (Å²) in [5.41, 5.74) is 0. The molecule has 1 aliphatic rings. The molecule has 0 aromatic heterocycles. The van der Waals surface area contributed by atoms with Gasteiger partial charge in [0.1, 0.15) is 0 Å². The maximum atomic E-state index is 12.0. The average molecular weight is 251 g/mol. The van der Waals surface area contributed by atoms with Crippen molar-refractivity contribution in [2.75, 3.05) is 33.4 Å². The van der Waals surface area contributed by atoms with E-state index < -0.39 is 10.2 Å². The van der Waals surface area contributed by atoms with Gasteiger partial charge >= 0.3 is 0 Å². The lowest BCUT2D eigenvalue weighted by atomic mass is 10.2. The second kappa shape index (κ2) is 5.92. The molecule has 0 aromatic rings. The molecule has 1 heterocycles. The minimum Gasteiger partial charge on any atom is -0.383 e. The molecule has 1 saturated heterocycles. The molecule has 0 spiro atoms. The molecule has 6 nitrogen and oxygen atoms in total. The Morgan fingerprint density at radius 1 is 1.38 bits per heavy atom. The molecule has 2 N–H and O–H groups in total. The highest BCUT2D eigenvalue weighted by Crippen LogP contribution is 2.13. The SMILES string of the molecule is COCCNS(=O)(=O)N1C(C)CNCC1C. The van der Waals surface area contributed by atoms with Crippen LogP contribution in [-0.2, 0) is 14.9 Å². The lowest BCUT2D eigenvalue weighted by molar-refractivity contribution is 0.197. The molecule has 1 fully saturated rings. The third kappa shape index (κ3) is 3.39. The van der Waals surface area contributed by atoms with E-state index in [9.17, 15) is 8.42 Å². The van der Waals surface area contributed by atoms with Crippen LogP contribution in [0.5, 0.6) is 0 Å². The number of hydrogen-bond donors (Lipinski definition) is 2. The molecular weight excluding hydrogens is 230 g/mol. The van der Waals surface area contributed by atoms with Crippen molar-refractivity contribution in [2.24, 2.45) is 0 Å². The number of hydrogen-bond acceptors (Lipinski definition) is 4. The van der Waals surface area contributed by atoms with Crippen LogP contribution >= 0.6 is 0 Å². The van der Waals surface area contributed by atoms with Crippen molar-refractivity contribution in [1.29, 1.82) is 0 Å². The van der Waals surface area contributed by atoms with Crippen molar-refractivity contribution in [3.05, 3.63) is 0 Å². The first-order chi connectivity index (χ1) is 7.49. The number of nitrogens with one attached hydrogen (secondary N) is 2. The van der Waals surface area contributed by atoms with E-state index in [0.29, 0.717) is 26.2 Å². The van der Waals surface area contributed by atoms with Crippen LogP contribution in [0.3, 0.4) is 0 Å². The molecule has 2 unspecified atom stereocenters. The number of methoxy groups -OCH3 is 1. The minimum absolute atomic E-state index is 0.0243. The van der Waals surface area contributed by atoms with Gasteiger partial charge in [0.05, 0.1) is 6.61 Å². The highest BCUT2D eigenvalue weighted by Gasteiger charge is 2.33.